The average molecular weight is 431 g/mol. The van der Waals surface area contributed by atoms with E-state index in [0.29, 0.717) is 17.4 Å². The van der Waals surface area contributed by atoms with Crippen molar-refractivity contribution in [3.63, 3.8) is 0 Å². The molecule has 3 nitrogen and oxygen atoms in total. The van der Waals surface area contributed by atoms with E-state index in [0.717, 1.165) is 26.1 Å². The van der Waals surface area contributed by atoms with Gasteiger partial charge in [0.05, 0.1) is 25.7 Å². The Morgan fingerprint density at radius 1 is 1.00 bits per heavy atom. The molecular formula is C28H46O3. The fourth-order valence-electron chi connectivity index (χ4n) is 4.16. The number of carbonyl (C=O) groups is 1. The van der Waals surface area contributed by atoms with Gasteiger partial charge in [0, 0.05) is 17.3 Å². The standard InChI is InChI=1S/C10H16O.C10H16.C8H14O2/c1-5-6-10(7-11-8-10)9(2,3)4;1-5-10(6-7-10)8-9(2,3)4;1-8(2,3)6-4-5-10-7(6)9/h1H,6-8H2,2-4H3;1H,6-8H2,2-4H3;6H,4-5H2,1-3H3. The fourth-order valence-corrected chi connectivity index (χ4v) is 4.16. The summed E-state index contributed by atoms with van der Waals surface area (Å²) in [7, 11) is 0. The molecule has 1 atom stereocenters. The molecular weight excluding hydrogens is 384 g/mol. The number of rotatable bonds is 2. The summed E-state index contributed by atoms with van der Waals surface area (Å²) in [5, 5.41) is 0. The van der Waals surface area contributed by atoms with Gasteiger partial charge in [-0.25, -0.2) is 0 Å². The zero-order chi connectivity index (χ0) is 24.1. The minimum Gasteiger partial charge on any atom is -0.465 e. The highest BCUT2D eigenvalue weighted by atomic mass is 16.5. The predicted molar refractivity (Wildman–Crippen MR) is 129 cm³/mol. The first-order valence-corrected chi connectivity index (χ1v) is 11.7. The third-order valence-corrected chi connectivity index (χ3v) is 6.80. The minimum absolute atomic E-state index is 0.0208. The molecule has 2 heterocycles. The summed E-state index contributed by atoms with van der Waals surface area (Å²) in [5.74, 6) is 5.74. The topological polar surface area (TPSA) is 35.5 Å². The van der Waals surface area contributed by atoms with Gasteiger partial charge in [-0.15, -0.1) is 18.8 Å². The molecule has 0 aromatic heterocycles. The van der Waals surface area contributed by atoms with E-state index < -0.39 is 0 Å². The SMILES string of the molecule is C#CC1(CC(C)(C)C)CC1.C#CCC1(C(C)(C)C)COC1.CC(C)(C)C1CCOC1=O. The number of carbonyl (C=O) groups excluding carboxylic acids is 1. The summed E-state index contributed by atoms with van der Waals surface area (Å²) in [6.07, 6.45) is 16.2. The molecule has 176 valence electrons. The second kappa shape index (κ2) is 10.0. The molecule has 0 N–H and O–H groups in total. The molecule has 31 heavy (non-hydrogen) atoms. The van der Waals surface area contributed by atoms with Crippen molar-refractivity contribution in [1.82, 2.24) is 0 Å². The van der Waals surface area contributed by atoms with Gasteiger partial charge in [0.25, 0.3) is 0 Å². The number of hydrogen-bond acceptors (Lipinski definition) is 3. The molecule has 3 rings (SSSR count). The van der Waals surface area contributed by atoms with E-state index in [9.17, 15) is 4.79 Å². The van der Waals surface area contributed by atoms with Gasteiger partial charge in [0.1, 0.15) is 0 Å². The van der Waals surface area contributed by atoms with Gasteiger partial charge < -0.3 is 9.47 Å². The Labute approximate surface area is 192 Å². The lowest BCUT2D eigenvalue weighted by Crippen LogP contribution is -2.51. The first-order valence-electron chi connectivity index (χ1n) is 11.7. The average Bonchev–Trinajstić information content (AvgIpc) is 3.17. The van der Waals surface area contributed by atoms with Crippen LogP contribution in [0.1, 0.15) is 94.4 Å². The molecule has 2 saturated heterocycles. The Balaban J connectivity index is 0.000000233. The van der Waals surface area contributed by atoms with E-state index >= 15 is 0 Å². The summed E-state index contributed by atoms with van der Waals surface area (Å²) in [4.78, 5) is 11.0. The normalized spacial score (nSPS) is 23.5. The Morgan fingerprint density at radius 3 is 1.68 bits per heavy atom. The first kappa shape index (κ1) is 27.6. The molecule has 1 unspecified atom stereocenters. The quantitative estimate of drug-likeness (QED) is 0.370. The van der Waals surface area contributed by atoms with Crippen LogP contribution in [0.2, 0.25) is 0 Å². The molecule has 3 fully saturated rings. The zero-order valence-electron chi connectivity index (χ0n) is 21.6. The van der Waals surface area contributed by atoms with Crippen molar-refractivity contribution in [3.05, 3.63) is 0 Å². The summed E-state index contributed by atoms with van der Waals surface area (Å²) < 4.78 is 10.1. The van der Waals surface area contributed by atoms with Crippen molar-refractivity contribution in [2.45, 2.75) is 94.4 Å². The van der Waals surface area contributed by atoms with Crippen molar-refractivity contribution in [1.29, 1.82) is 0 Å². The maximum absolute atomic E-state index is 11.0. The van der Waals surface area contributed by atoms with E-state index in [-0.39, 0.29) is 28.1 Å². The molecule has 2 aliphatic heterocycles. The van der Waals surface area contributed by atoms with Crippen LogP contribution < -0.4 is 0 Å². The van der Waals surface area contributed by atoms with Gasteiger partial charge in [0.15, 0.2) is 0 Å². The van der Waals surface area contributed by atoms with Crippen LogP contribution in [0.25, 0.3) is 0 Å². The van der Waals surface area contributed by atoms with Crippen LogP contribution in [0.15, 0.2) is 0 Å². The molecule has 0 aromatic rings. The zero-order valence-corrected chi connectivity index (χ0v) is 21.6. The van der Waals surface area contributed by atoms with Crippen LogP contribution in [0.4, 0.5) is 0 Å². The molecule has 3 aliphatic rings. The van der Waals surface area contributed by atoms with Gasteiger partial charge >= 0.3 is 5.97 Å². The highest BCUT2D eigenvalue weighted by molar-refractivity contribution is 5.74. The second-order valence-corrected chi connectivity index (χ2v) is 12.9. The second-order valence-electron chi connectivity index (χ2n) is 12.9. The fraction of sp³-hybridized carbons (Fsp3) is 0.821. The van der Waals surface area contributed by atoms with Crippen LogP contribution in [-0.4, -0.2) is 25.8 Å². The van der Waals surface area contributed by atoms with Gasteiger partial charge in [-0.2, -0.15) is 0 Å². The number of terminal acetylenes is 2. The van der Waals surface area contributed by atoms with Gasteiger partial charge in [-0.05, 0) is 41.9 Å². The van der Waals surface area contributed by atoms with E-state index in [1.54, 1.807) is 0 Å². The highest BCUT2D eigenvalue weighted by Crippen LogP contribution is 2.52. The summed E-state index contributed by atoms with van der Waals surface area (Å²) in [6.45, 7) is 22.0. The Morgan fingerprint density at radius 2 is 1.55 bits per heavy atom. The number of hydrogen-bond donors (Lipinski definition) is 0. The maximum Gasteiger partial charge on any atom is 0.309 e. The summed E-state index contributed by atoms with van der Waals surface area (Å²) >= 11 is 0. The third kappa shape index (κ3) is 8.20. The predicted octanol–water partition coefficient (Wildman–Crippen LogP) is 6.50. The summed E-state index contributed by atoms with van der Waals surface area (Å²) in [5.41, 5.74) is 1.31. The van der Waals surface area contributed by atoms with E-state index in [1.807, 2.05) is 0 Å². The highest BCUT2D eigenvalue weighted by Gasteiger charge is 2.47. The van der Waals surface area contributed by atoms with Gasteiger partial charge in [-0.3, -0.25) is 4.79 Å². The van der Waals surface area contributed by atoms with Crippen LogP contribution in [0, 0.1) is 57.7 Å². The van der Waals surface area contributed by atoms with Crippen LogP contribution in [-0.2, 0) is 14.3 Å². The van der Waals surface area contributed by atoms with Crippen molar-refractivity contribution < 1.29 is 14.3 Å². The van der Waals surface area contributed by atoms with Crippen LogP contribution >= 0.6 is 0 Å². The van der Waals surface area contributed by atoms with Crippen molar-refractivity contribution in [2.75, 3.05) is 19.8 Å². The molecule has 0 spiro atoms. The van der Waals surface area contributed by atoms with Crippen LogP contribution in [0.5, 0.6) is 0 Å². The van der Waals surface area contributed by atoms with E-state index in [1.165, 1.54) is 19.3 Å². The Bertz CT molecular complexity index is 674. The van der Waals surface area contributed by atoms with Crippen molar-refractivity contribution >= 4 is 5.97 Å². The third-order valence-electron chi connectivity index (χ3n) is 6.80. The molecule has 3 heteroatoms. The largest absolute Gasteiger partial charge is 0.465 e. The van der Waals surface area contributed by atoms with Crippen molar-refractivity contribution in [3.8, 4) is 24.7 Å². The number of cyclic esters (lactones) is 1. The lowest BCUT2D eigenvalue weighted by atomic mass is 9.63. The summed E-state index contributed by atoms with van der Waals surface area (Å²) in [6, 6.07) is 0. The Kier molecular flexibility index (Phi) is 8.90. The number of esters is 1. The molecule has 0 aromatic carbocycles. The molecule has 1 aliphatic carbocycles. The molecule has 0 bridgehead atoms. The maximum atomic E-state index is 11.0. The minimum atomic E-state index is -0.0208. The molecule has 1 saturated carbocycles. The van der Waals surface area contributed by atoms with Gasteiger partial charge in [0.2, 0.25) is 0 Å². The van der Waals surface area contributed by atoms with E-state index in [4.69, 9.17) is 22.3 Å². The lowest BCUT2D eigenvalue weighted by molar-refractivity contribution is -0.166. The first-order chi connectivity index (χ1) is 14.0. The smallest absolute Gasteiger partial charge is 0.309 e. The molecule has 0 radical (unpaired) electrons. The molecule has 0 amide bonds. The number of ether oxygens (including phenoxy) is 2. The van der Waals surface area contributed by atoms with E-state index in [2.05, 4.69) is 74.2 Å². The Hall–Kier alpha value is -1.45. The lowest BCUT2D eigenvalue weighted by Gasteiger charge is -2.50. The van der Waals surface area contributed by atoms with Crippen molar-refractivity contribution in [2.24, 2.45) is 33.0 Å². The van der Waals surface area contributed by atoms with Crippen LogP contribution in [0.3, 0.4) is 0 Å². The monoisotopic (exact) mass is 430 g/mol. The van der Waals surface area contributed by atoms with Gasteiger partial charge in [-0.1, -0.05) is 68.2 Å².